The van der Waals surface area contributed by atoms with Gasteiger partial charge in [-0.3, -0.25) is 10.1 Å². The Morgan fingerprint density at radius 1 is 1.06 bits per heavy atom. The summed E-state index contributed by atoms with van der Waals surface area (Å²) in [5.41, 5.74) is 2.95. The number of fused-ring (bicyclic) bond motifs is 1. The predicted octanol–water partition coefficient (Wildman–Crippen LogP) is 5.32. The Labute approximate surface area is 189 Å². The van der Waals surface area contributed by atoms with E-state index in [1.54, 1.807) is 18.2 Å². The Kier molecular flexibility index (Phi) is 6.73. The van der Waals surface area contributed by atoms with Crippen LogP contribution in [0, 0.1) is 5.82 Å². The zero-order valence-corrected chi connectivity index (χ0v) is 17.9. The summed E-state index contributed by atoms with van der Waals surface area (Å²) >= 11 is 6.08. The minimum atomic E-state index is -0.938. The maximum absolute atomic E-state index is 14.0. The number of hydrogen-bond donors (Lipinski definition) is 3. The second kappa shape index (κ2) is 9.85. The Morgan fingerprint density at radius 3 is 2.66 bits per heavy atom. The van der Waals surface area contributed by atoms with Crippen LogP contribution in [0.1, 0.15) is 16.7 Å². The number of carbonyl (C=O) groups is 1. The fourth-order valence-corrected chi connectivity index (χ4v) is 3.83. The molecular weight excluding hydrogens is 431 g/mol. The molecule has 0 saturated carbocycles. The van der Waals surface area contributed by atoms with E-state index in [0.29, 0.717) is 17.2 Å². The summed E-state index contributed by atoms with van der Waals surface area (Å²) in [6.07, 6.45) is 2.17. The summed E-state index contributed by atoms with van der Waals surface area (Å²) in [6.45, 7) is 0.251. The lowest BCUT2D eigenvalue weighted by atomic mass is 10.0. The zero-order valence-electron chi connectivity index (χ0n) is 17.1. The quantitative estimate of drug-likeness (QED) is 0.321. The first-order valence-electron chi connectivity index (χ1n) is 10.2. The normalized spacial score (nSPS) is 12.1. The minimum absolute atomic E-state index is 0.0276. The van der Waals surface area contributed by atoms with E-state index in [1.807, 2.05) is 48.7 Å². The number of aliphatic carboxylic acids is 1. The number of para-hydroxylation sites is 2. The highest BCUT2D eigenvalue weighted by Crippen LogP contribution is 2.24. The fourth-order valence-electron chi connectivity index (χ4n) is 3.61. The fraction of sp³-hybridized carbons (Fsp3) is 0.160. The summed E-state index contributed by atoms with van der Waals surface area (Å²) < 4.78 is 19.9. The summed E-state index contributed by atoms with van der Waals surface area (Å²) in [4.78, 5) is 15.1. The van der Waals surface area contributed by atoms with Gasteiger partial charge in [-0.15, -0.1) is 0 Å². The highest BCUT2D eigenvalue weighted by molar-refractivity contribution is 6.31. The molecule has 1 atom stereocenters. The highest BCUT2D eigenvalue weighted by atomic mass is 35.5. The first-order chi connectivity index (χ1) is 15.5. The number of benzene rings is 3. The Balaban J connectivity index is 1.45. The predicted molar refractivity (Wildman–Crippen MR) is 122 cm³/mol. The number of aromatic nitrogens is 1. The molecule has 0 unspecified atom stereocenters. The van der Waals surface area contributed by atoms with Gasteiger partial charge in [-0.05, 0) is 29.8 Å². The van der Waals surface area contributed by atoms with Crippen molar-refractivity contribution in [2.45, 2.75) is 25.6 Å². The number of carboxylic acids is 1. The van der Waals surface area contributed by atoms with Gasteiger partial charge in [0.15, 0.2) is 0 Å². The van der Waals surface area contributed by atoms with Crippen LogP contribution in [0.3, 0.4) is 0 Å². The lowest BCUT2D eigenvalue weighted by Gasteiger charge is -2.17. The molecule has 0 saturated heterocycles. The number of halogens is 2. The van der Waals surface area contributed by atoms with Crippen LogP contribution >= 0.6 is 11.6 Å². The Bertz CT molecular complexity index is 1220. The third kappa shape index (κ3) is 4.93. The van der Waals surface area contributed by atoms with Crippen LogP contribution in [0.4, 0.5) is 4.39 Å². The van der Waals surface area contributed by atoms with Gasteiger partial charge in [0, 0.05) is 41.2 Å². The maximum atomic E-state index is 14.0. The molecule has 3 aromatic carbocycles. The molecule has 0 bridgehead atoms. The van der Waals surface area contributed by atoms with E-state index in [1.165, 1.54) is 6.07 Å². The van der Waals surface area contributed by atoms with Gasteiger partial charge in [0.2, 0.25) is 0 Å². The molecular formula is C25H22ClFN2O3. The van der Waals surface area contributed by atoms with Crippen LogP contribution < -0.4 is 10.1 Å². The lowest BCUT2D eigenvalue weighted by Crippen LogP contribution is -2.38. The molecule has 0 fully saturated rings. The summed E-state index contributed by atoms with van der Waals surface area (Å²) in [7, 11) is 0. The third-order valence-electron chi connectivity index (χ3n) is 5.34. The average molecular weight is 453 g/mol. The van der Waals surface area contributed by atoms with Crippen LogP contribution in [0.25, 0.3) is 10.9 Å². The van der Waals surface area contributed by atoms with Crippen LogP contribution in [0.2, 0.25) is 5.02 Å². The molecule has 0 amide bonds. The number of ether oxygens (including phenoxy) is 1. The summed E-state index contributed by atoms with van der Waals surface area (Å²) in [5, 5.41) is 14.2. The number of hydrogen-bond acceptors (Lipinski definition) is 3. The molecule has 3 N–H and O–H groups in total. The molecule has 4 rings (SSSR count). The van der Waals surface area contributed by atoms with Crippen LogP contribution in [-0.4, -0.2) is 22.1 Å². The van der Waals surface area contributed by atoms with Gasteiger partial charge in [-0.1, -0.05) is 54.1 Å². The zero-order chi connectivity index (χ0) is 22.5. The minimum Gasteiger partial charge on any atom is -0.488 e. The molecule has 0 spiro atoms. The van der Waals surface area contributed by atoms with Crippen molar-refractivity contribution in [3.63, 3.8) is 0 Å². The monoisotopic (exact) mass is 452 g/mol. The van der Waals surface area contributed by atoms with E-state index in [-0.39, 0.29) is 18.7 Å². The molecule has 32 heavy (non-hydrogen) atoms. The molecule has 0 aliphatic heterocycles. The number of nitrogens with one attached hydrogen (secondary N) is 2. The summed E-state index contributed by atoms with van der Waals surface area (Å²) in [5.74, 6) is -0.833. The molecule has 4 aromatic rings. The van der Waals surface area contributed by atoms with Crippen LogP contribution in [0.5, 0.6) is 5.75 Å². The van der Waals surface area contributed by atoms with Gasteiger partial charge in [0.1, 0.15) is 24.2 Å². The Morgan fingerprint density at radius 2 is 1.84 bits per heavy atom. The number of carboxylic acid groups (broad SMARTS) is 1. The number of aromatic amines is 1. The first kappa shape index (κ1) is 21.9. The van der Waals surface area contributed by atoms with Crippen LogP contribution in [0.15, 0.2) is 72.9 Å². The Hall–Kier alpha value is -3.35. The average Bonchev–Trinajstić information content (AvgIpc) is 3.19. The van der Waals surface area contributed by atoms with Crippen molar-refractivity contribution in [1.29, 1.82) is 0 Å². The van der Waals surface area contributed by atoms with Gasteiger partial charge >= 0.3 is 5.97 Å². The van der Waals surface area contributed by atoms with E-state index in [4.69, 9.17) is 16.3 Å². The van der Waals surface area contributed by atoms with E-state index < -0.39 is 17.8 Å². The second-order valence-electron chi connectivity index (χ2n) is 7.43. The van der Waals surface area contributed by atoms with Gasteiger partial charge in [-0.2, -0.15) is 0 Å². The maximum Gasteiger partial charge on any atom is 0.321 e. The SMILES string of the molecule is O=C(O)[C@@H](Cc1c[nH]c2ccccc12)NCc1ccccc1OCc1c(F)cccc1Cl. The van der Waals surface area contributed by atoms with E-state index >= 15 is 0 Å². The van der Waals surface area contributed by atoms with Gasteiger partial charge < -0.3 is 14.8 Å². The standard InChI is InChI=1S/C25H22ClFN2O3/c26-20-8-5-9-21(27)19(20)15-32-24-11-4-1-6-16(24)13-29-23(25(30)31)12-17-14-28-22-10-3-2-7-18(17)22/h1-11,14,23,28-29H,12-13,15H2,(H,30,31)/t23-/m1/s1. The molecule has 0 aliphatic carbocycles. The van der Waals surface area contributed by atoms with Gasteiger partial charge in [-0.25, -0.2) is 4.39 Å². The molecule has 1 aromatic heterocycles. The number of H-pyrrole nitrogens is 1. The topological polar surface area (TPSA) is 74.3 Å². The van der Waals surface area contributed by atoms with Crippen molar-refractivity contribution in [3.05, 3.63) is 100 Å². The smallest absolute Gasteiger partial charge is 0.321 e. The molecule has 5 nitrogen and oxygen atoms in total. The van der Waals surface area contributed by atoms with E-state index in [0.717, 1.165) is 22.0 Å². The van der Waals surface area contributed by atoms with Crippen molar-refractivity contribution in [2.75, 3.05) is 0 Å². The molecule has 1 heterocycles. The second-order valence-corrected chi connectivity index (χ2v) is 7.84. The lowest BCUT2D eigenvalue weighted by molar-refractivity contribution is -0.139. The van der Waals surface area contributed by atoms with Gasteiger partial charge in [0.05, 0.1) is 5.02 Å². The number of rotatable bonds is 9. The van der Waals surface area contributed by atoms with Crippen molar-refractivity contribution in [3.8, 4) is 5.75 Å². The third-order valence-corrected chi connectivity index (χ3v) is 5.70. The molecule has 0 aliphatic rings. The van der Waals surface area contributed by atoms with E-state index in [9.17, 15) is 14.3 Å². The molecule has 7 heteroatoms. The van der Waals surface area contributed by atoms with E-state index in [2.05, 4.69) is 10.3 Å². The highest BCUT2D eigenvalue weighted by Gasteiger charge is 2.20. The largest absolute Gasteiger partial charge is 0.488 e. The molecule has 164 valence electrons. The van der Waals surface area contributed by atoms with Crippen LogP contribution in [-0.2, 0) is 24.4 Å². The van der Waals surface area contributed by atoms with Gasteiger partial charge in [0.25, 0.3) is 0 Å². The van der Waals surface area contributed by atoms with Crippen molar-refractivity contribution < 1.29 is 19.0 Å². The van der Waals surface area contributed by atoms with Crippen molar-refractivity contribution >= 4 is 28.5 Å². The van der Waals surface area contributed by atoms with Crippen molar-refractivity contribution in [1.82, 2.24) is 10.3 Å². The van der Waals surface area contributed by atoms with Crippen molar-refractivity contribution in [2.24, 2.45) is 0 Å². The molecule has 0 radical (unpaired) electrons. The first-order valence-corrected chi connectivity index (χ1v) is 10.6. The summed E-state index contributed by atoms with van der Waals surface area (Å²) in [6, 6.07) is 18.7.